The van der Waals surface area contributed by atoms with E-state index in [2.05, 4.69) is 0 Å². The lowest BCUT2D eigenvalue weighted by Gasteiger charge is -2.50. The molecular formula is C16H25NO3. The molecule has 1 unspecified atom stereocenters. The molecule has 1 atom stereocenters. The Morgan fingerprint density at radius 3 is 2.30 bits per heavy atom. The van der Waals surface area contributed by atoms with Crippen LogP contribution >= 0.6 is 0 Å². The van der Waals surface area contributed by atoms with Crippen molar-refractivity contribution in [1.82, 2.24) is 4.90 Å². The van der Waals surface area contributed by atoms with Crippen molar-refractivity contribution in [2.75, 3.05) is 6.61 Å². The number of amides is 1. The molecule has 0 radical (unpaired) electrons. The lowest BCUT2D eigenvalue weighted by Crippen LogP contribution is -2.62. The summed E-state index contributed by atoms with van der Waals surface area (Å²) in [6, 6.07) is 9.84. The van der Waals surface area contributed by atoms with Gasteiger partial charge in [-0.3, -0.25) is 4.90 Å². The number of ether oxygens (including phenoxy) is 1. The molecule has 0 spiro atoms. The van der Waals surface area contributed by atoms with Crippen LogP contribution in [0.4, 0.5) is 4.79 Å². The summed E-state index contributed by atoms with van der Waals surface area (Å²) in [5.74, 6) is 0. The van der Waals surface area contributed by atoms with Gasteiger partial charge in [0.1, 0.15) is 0 Å². The van der Waals surface area contributed by atoms with Crippen molar-refractivity contribution in [2.45, 2.75) is 52.3 Å². The molecule has 1 aliphatic heterocycles. The Kier molecular flexibility index (Phi) is 6.02. The first kappa shape index (κ1) is 16.5. The SMILES string of the molecule is CC.CC1(C)OC(=O)N1C(CCCO)c1ccccc1. The van der Waals surface area contributed by atoms with Crippen LogP contribution in [-0.2, 0) is 4.74 Å². The maximum Gasteiger partial charge on any atom is 0.415 e. The van der Waals surface area contributed by atoms with E-state index in [1.165, 1.54) is 0 Å². The molecule has 1 fully saturated rings. The van der Waals surface area contributed by atoms with Crippen molar-refractivity contribution in [3.05, 3.63) is 35.9 Å². The van der Waals surface area contributed by atoms with E-state index in [-0.39, 0.29) is 18.7 Å². The quantitative estimate of drug-likeness (QED) is 0.893. The zero-order chi connectivity index (χ0) is 15.2. The second kappa shape index (κ2) is 7.29. The summed E-state index contributed by atoms with van der Waals surface area (Å²) in [6.45, 7) is 7.89. The van der Waals surface area contributed by atoms with E-state index in [1.54, 1.807) is 4.90 Å². The molecule has 1 aromatic carbocycles. The summed E-state index contributed by atoms with van der Waals surface area (Å²) in [4.78, 5) is 13.4. The third-order valence-electron chi connectivity index (χ3n) is 3.25. The summed E-state index contributed by atoms with van der Waals surface area (Å²) in [5, 5.41) is 9.00. The number of aliphatic hydroxyl groups is 1. The second-order valence-corrected chi connectivity index (χ2v) is 4.98. The minimum absolute atomic E-state index is 0.0328. The molecule has 1 N–H and O–H groups in total. The molecule has 4 nitrogen and oxygen atoms in total. The third kappa shape index (κ3) is 3.51. The third-order valence-corrected chi connectivity index (χ3v) is 3.25. The van der Waals surface area contributed by atoms with Crippen LogP contribution < -0.4 is 0 Å². The Morgan fingerprint density at radius 2 is 1.85 bits per heavy atom. The lowest BCUT2D eigenvalue weighted by molar-refractivity contribution is -0.182. The molecule has 0 bridgehead atoms. The molecular weight excluding hydrogens is 254 g/mol. The van der Waals surface area contributed by atoms with E-state index in [4.69, 9.17) is 9.84 Å². The molecule has 0 saturated carbocycles. The zero-order valence-electron chi connectivity index (χ0n) is 12.8. The average Bonchev–Trinajstić information content (AvgIpc) is 2.45. The molecule has 1 aliphatic rings. The number of cyclic esters (lactones) is 1. The van der Waals surface area contributed by atoms with Gasteiger partial charge in [0.2, 0.25) is 0 Å². The van der Waals surface area contributed by atoms with Gasteiger partial charge in [-0.05, 0) is 32.3 Å². The van der Waals surface area contributed by atoms with Gasteiger partial charge in [0, 0.05) is 6.61 Å². The zero-order valence-corrected chi connectivity index (χ0v) is 12.8. The first-order valence-electron chi connectivity index (χ1n) is 7.24. The number of aliphatic hydroxyl groups excluding tert-OH is 1. The molecule has 4 heteroatoms. The van der Waals surface area contributed by atoms with E-state index in [0.717, 1.165) is 12.0 Å². The maximum absolute atomic E-state index is 11.7. The summed E-state index contributed by atoms with van der Waals surface area (Å²) >= 11 is 0. The topological polar surface area (TPSA) is 49.8 Å². The summed E-state index contributed by atoms with van der Waals surface area (Å²) in [5.41, 5.74) is 0.517. The summed E-state index contributed by atoms with van der Waals surface area (Å²) in [6.07, 6.45) is 1.12. The number of carbonyl (C=O) groups excluding carboxylic acids is 1. The molecule has 112 valence electrons. The molecule has 0 aromatic heterocycles. The van der Waals surface area contributed by atoms with E-state index in [0.29, 0.717) is 6.42 Å². The van der Waals surface area contributed by atoms with Gasteiger partial charge in [0.05, 0.1) is 6.04 Å². The molecule has 1 aromatic rings. The van der Waals surface area contributed by atoms with Gasteiger partial charge in [0.25, 0.3) is 0 Å². The number of nitrogens with zero attached hydrogens (tertiary/aromatic N) is 1. The Balaban J connectivity index is 0.000000956. The van der Waals surface area contributed by atoms with Crippen molar-refractivity contribution in [3.63, 3.8) is 0 Å². The number of hydrogen-bond acceptors (Lipinski definition) is 3. The predicted molar refractivity (Wildman–Crippen MR) is 79.2 cm³/mol. The number of carbonyl (C=O) groups is 1. The van der Waals surface area contributed by atoms with Crippen molar-refractivity contribution in [1.29, 1.82) is 0 Å². The lowest BCUT2D eigenvalue weighted by atomic mass is 9.97. The highest BCUT2D eigenvalue weighted by Crippen LogP contribution is 2.39. The van der Waals surface area contributed by atoms with Crippen LogP contribution in [0, 0.1) is 0 Å². The normalized spacial score (nSPS) is 17.4. The van der Waals surface area contributed by atoms with E-state index in [1.807, 2.05) is 58.0 Å². The summed E-state index contributed by atoms with van der Waals surface area (Å²) in [7, 11) is 0. The summed E-state index contributed by atoms with van der Waals surface area (Å²) < 4.78 is 5.15. The highest BCUT2D eigenvalue weighted by atomic mass is 16.6. The van der Waals surface area contributed by atoms with Crippen molar-refractivity contribution >= 4 is 6.09 Å². The highest BCUT2D eigenvalue weighted by molar-refractivity contribution is 5.74. The molecule has 1 amide bonds. The Hall–Kier alpha value is -1.55. The van der Waals surface area contributed by atoms with E-state index in [9.17, 15) is 4.79 Å². The van der Waals surface area contributed by atoms with Gasteiger partial charge in [-0.25, -0.2) is 4.79 Å². The molecule has 20 heavy (non-hydrogen) atoms. The van der Waals surface area contributed by atoms with E-state index < -0.39 is 5.72 Å². The molecule has 1 saturated heterocycles. The largest absolute Gasteiger partial charge is 0.423 e. The monoisotopic (exact) mass is 279 g/mol. The van der Waals surface area contributed by atoms with Crippen LogP contribution in [0.1, 0.15) is 52.1 Å². The number of hydrogen-bond donors (Lipinski definition) is 1. The van der Waals surface area contributed by atoms with Gasteiger partial charge < -0.3 is 9.84 Å². The van der Waals surface area contributed by atoms with Crippen LogP contribution in [0.3, 0.4) is 0 Å². The van der Waals surface area contributed by atoms with Crippen LogP contribution in [0.2, 0.25) is 0 Å². The smallest absolute Gasteiger partial charge is 0.415 e. The van der Waals surface area contributed by atoms with Crippen molar-refractivity contribution < 1.29 is 14.6 Å². The van der Waals surface area contributed by atoms with Gasteiger partial charge in [-0.2, -0.15) is 0 Å². The van der Waals surface area contributed by atoms with Crippen LogP contribution in [-0.4, -0.2) is 28.4 Å². The Morgan fingerprint density at radius 1 is 1.25 bits per heavy atom. The van der Waals surface area contributed by atoms with Gasteiger partial charge in [-0.15, -0.1) is 0 Å². The van der Waals surface area contributed by atoms with Crippen LogP contribution in [0.5, 0.6) is 0 Å². The van der Waals surface area contributed by atoms with E-state index >= 15 is 0 Å². The van der Waals surface area contributed by atoms with Gasteiger partial charge >= 0.3 is 6.09 Å². The van der Waals surface area contributed by atoms with Gasteiger partial charge in [0.15, 0.2) is 5.72 Å². The first-order chi connectivity index (χ1) is 9.56. The standard InChI is InChI=1S/C14H19NO3.C2H6/c1-14(2)15(13(17)18-14)12(9-6-10-16)11-7-4-3-5-8-11;1-2/h3-5,7-8,12,16H,6,9-10H2,1-2H3;1-2H3. The number of rotatable bonds is 5. The average molecular weight is 279 g/mol. The minimum atomic E-state index is -0.562. The predicted octanol–water partition coefficient (Wildman–Crippen LogP) is 3.71. The van der Waals surface area contributed by atoms with Crippen LogP contribution in [0.15, 0.2) is 30.3 Å². The highest BCUT2D eigenvalue weighted by Gasteiger charge is 2.49. The molecule has 2 rings (SSSR count). The molecule has 1 heterocycles. The van der Waals surface area contributed by atoms with Crippen molar-refractivity contribution in [3.8, 4) is 0 Å². The fraction of sp³-hybridized carbons (Fsp3) is 0.562. The first-order valence-corrected chi connectivity index (χ1v) is 7.24. The number of benzene rings is 1. The Bertz CT molecular complexity index is 417. The fourth-order valence-electron chi connectivity index (χ4n) is 2.40. The van der Waals surface area contributed by atoms with Gasteiger partial charge in [-0.1, -0.05) is 44.2 Å². The fourth-order valence-corrected chi connectivity index (χ4v) is 2.40. The molecule has 0 aliphatic carbocycles. The second-order valence-electron chi connectivity index (χ2n) is 4.98. The van der Waals surface area contributed by atoms with Crippen LogP contribution in [0.25, 0.3) is 0 Å². The van der Waals surface area contributed by atoms with Crippen molar-refractivity contribution in [2.24, 2.45) is 0 Å². The minimum Gasteiger partial charge on any atom is -0.423 e. The maximum atomic E-state index is 11.7. The Labute approximate surface area is 121 Å².